The molecule has 0 aliphatic heterocycles. The molecule has 122 valence electrons. The Morgan fingerprint density at radius 1 is 1.22 bits per heavy atom. The summed E-state index contributed by atoms with van der Waals surface area (Å²) in [6, 6.07) is 6.56. The fourth-order valence-corrected chi connectivity index (χ4v) is 1.73. The third-order valence-electron chi connectivity index (χ3n) is 2.86. The van der Waals surface area contributed by atoms with Crippen LogP contribution in [0.25, 0.3) is 0 Å². The van der Waals surface area contributed by atoms with E-state index < -0.39 is 17.6 Å². The minimum absolute atomic E-state index is 0.0415. The number of hydrogen-bond donors (Lipinski definition) is 2. The lowest BCUT2D eigenvalue weighted by Crippen LogP contribution is -2.40. The number of rotatable bonds is 5. The van der Waals surface area contributed by atoms with E-state index >= 15 is 0 Å². The van der Waals surface area contributed by atoms with Crippen LogP contribution in [0.1, 0.15) is 16.1 Å². The van der Waals surface area contributed by atoms with Crippen molar-refractivity contribution >= 4 is 11.7 Å². The van der Waals surface area contributed by atoms with E-state index in [9.17, 15) is 23.2 Å². The molecular weight excluding hydrogens is 313 g/mol. The lowest BCUT2D eigenvalue weighted by molar-refractivity contribution is -0.607. The lowest BCUT2D eigenvalue weighted by Gasteiger charge is -2.09. The van der Waals surface area contributed by atoms with Gasteiger partial charge in [-0.2, -0.15) is 17.9 Å². The fraction of sp³-hybridized carbons (Fsp3) is 0.214. The summed E-state index contributed by atoms with van der Waals surface area (Å²) in [7, 11) is 0. The van der Waals surface area contributed by atoms with E-state index in [1.807, 2.05) is 0 Å². The molecule has 0 aliphatic rings. The molecule has 0 aromatic carbocycles. The molecular formula is C14H13F3N4O2. The smallest absolute Gasteiger partial charge is 0.417 e. The van der Waals surface area contributed by atoms with Crippen LogP contribution in [-0.2, 0) is 6.18 Å². The quantitative estimate of drug-likeness (QED) is 0.496. The van der Waals surface area contributed by atoms with Crippen LogP contribution in [0, 0.1) is 5.21 Å². The van der Waals surface area contributed by atoms with Gasteiger partial charge in [-0.05, 0) is 18.2 Å². The Morgan fingerprint density at radius 2 is 2.00 bits per heavy atom. The molecule has 0 fully saturated rings. The zero-order valence-corrected chi connectivity index (χ0v) is 11.8. The third kappa shape index (κ3) is 4.56. The highest BCUT2D eigenvalue weighted by Gasteiger charge is 2.30. The highest BCUT2D eigenvalue weighted by Crippen LogP contribution is 2.28. The van der Waals surface area contributed by atoms with Gasteiger partial charge in [-0.25, -0.2) is 4.98 Å². The normalized spacial score (nSPS) is 11.1. The number of amides is 1. The van der Waals surface area contributed by atoms with Crippen molar-refractivity contribution in [3.05, 3.63) is 59.2 Å². The summed E-state index contributed by atoms with van der Waals surface area (Å²) in [5, 5.41) is 16.6. The largest absolute Gasteiger partial charge is 0.618 e. The van der Waals surface area contributed by atoms with Crippen LogP contribution in [0.4, 0.5) is 19.0 Å². The van der Waals surface area contributed by atoms with Crippen molar-refractivity contribution in [2.75, 3.05) is 18.4 Å². The number of aromatic nitrogens is 2. The van der Waals surface area contributed by atoms with Crippen molar-refractivity contribution in [3.63, 3.8) is 0 Å². The summed E-state index contributed by atoms with van der Waals surface area (Å²) in [5.74, 6) is -0.284. The number of pyridine rings is 2. The first kappa shape index (κ1) is 16.5. The van der Waals surface area contributed by atoms with Crippen LogP contribution in [0.5, 0.6) is 0 Å². The number of carbonyl (C=O) groups excluding carboxylic acids is 1. The first-order valence-electron chi connectivity index (χ1n) is 6.61. The molecule has 0 saturated heterocycles. The van der Waals surface area contributed by atoms with Crippen LogP contribution >= 0.6 is 0 Å². The summed E-state index contributed by atoms with van der Waals surface area (Å²) in [6.07, 6.45) is -2.49. The Morgan fingerprint density at radius 3 is 2.61 bits per heavy atom. The molecule has 0 spiro atoms. The van der Waals surface area contributed by atoms with E-state index in [0.717, 1.165) is 12.3 Å². The maximum Gasteiger partial charge on any atom is 0.417 e. The molecule has 0 bridgehead atoms. The molecule has 0 aliphatic carbocycles. The van der Waals surface area contributed by atoms with E-state index in [1.54, 1.807) is 6.07 Å². The number of carbonyl (C=O) groups is 1. The van der Waals surface area contributed by atoms with Gasteiger partial charge in [0.25, 0.3) is 5.69 Å². The van der Waals surface area contributed by atoms with Gasteiger partial charge in [0.15, 0.2) is 6.20 Å². The summed E-state index contributed by atoms with van der Waals surface area (Å²) in [4.78, 5) is 15.4. The standard InChI is InChI=1S/C14H13F3N4O2/c15-14(16,17)10-4-5-12(20-9-10)18-6-7-19-13(22)11-3-1-2-8-21(11)23/h1-5,8-9H,6-7H2,(H,18,20)(H,19,22). The summed E-state index contributed by atoms with van der Waals surface area (Å²) < 4.78 is 37.6. The summed E-state index contributed by atoms with van der Waals surface area (Å²) in [6.45, 7) is 0.423. The minimum Gasteiger partial charge on any atom is -0.618 e. The maximum absolute atomic E-state index is 12.4. The molecule has 2 aromatic heterocycles. The van der Waals surface area contributed by atoms with Gasteiger partial charge in [0, 0.05) is 31.4 Å². The van der Waals surface area contributed by atoms with Crippen molar-refractivity contribution in [2.45, 2.75) is 6.18 Å². The van der Waals surface area contributed by atoms with Crippen LogP contribution < -0.4 is 15.4 Å². The zero-order chi connectivity index (χ0) is 16.9. The zero-order valence-electron chi connectivity index (χ0n) is 11.8. The molecule has 23 heavy (non-hydrogen) atoms. The first-order valence-corrected chi connectivity index (χ1v) is 6.61. The molecule has 2 N–H and O–H groups in total. The molecule has 2 aromatic rings. The fourth-order valence-electron chi connectivity index (χ4n) is 1.73. The van der Waals surface area contributed by atoms with Crippen LogP contribution in [0.3, 0.4) is 0 Å². The van der Waals surface area contributed by atoms with E-state index in [0.29, 0.717) is 4.73 Å². The van der Waals surface area contributed by atoms with E-state index in [-0.39, 0.29) is 24.6 Å². The Labute approximate surface area is 129 Å². The Balaban J connectivity index is 1.79. The van der Waals surface area contributed by atoms with Crippen molar-refractivity contribution in [2.24, 2.45) is 0 Å². The van der Waals surface area contributed by atoms with Gasteiger partial charge >= 0.3 is 12.1 Å². The van der Waals surface area contributed by atoms with Gasteiger partial charge in [-0.1, -0.05) is 0 Å². The number of nitrogens with one attached hydrogen (secondary N) is 2. The Hall–Kier alpha value is -2.84. The van der Waals surface area contributed by atoms with Gasteiger partial charge in [0.05, 0.1) is 5.56 Å². The second-order valence-corrected chi connectivity index (χ2v) is 4.52. The van der Waals surface area contributed by atoms with Gasteiger partial charge in [0.1, 0.15) is 5.82 Å². The molecule has 0 saturated carbocycles. The SMILES string of the molecule is O=C(NCCNc1ccc(C(F)(F)F)cn1)c1cccc[n+]1[O-]. The Bertz CT molecular complexity index is 674. The predicted molar refractivity (Wildman–Crippen MR) is 75.5 cm³/mol. The topological polar surface area (TPSA) is 81.0 Å². The van der Waals surface area contributed by atoms with Crippen LogP contribution in [0.15, 0.2) is 42.7 Å². The van der Waals surface area contributed by atoms with Gasteiger partial charge in [-0.3, -0.25) is 4.79 Å². The molecule has 2 heterocycles. The molecule has 0 unspecified atom stereocenters. The number of alkyl halides is 3. The third-order valence-corrected chi connectivity index (χ3v) is 2.86. The molecule has 6 nitrogen and oxygen atoms in total. The van der Waals surface area contributed by atoms with E-state index in [1.165, 1.54) is 24.4 Å². The summed E-state index contributed by atoms with van der Waals surface area (Å²) in [5.41, 5.74) is -0.874. The van der Waals surface area contributed by atoms with Crippen molar-refractivity contribution < 1.29 is 22.7 Å². The number of nitrogens with zero attached hydrogens (tertiary/aromatic N) is 2. The molecule has 1 amide bonds. The number of halogens is 3. The predicted octanol–water partition coefficient (Wildman–Crippen LogP) is 1.58. The highest BCUT2D eigenvalue weighted by atomic mass is 19.4. The monoisotopic (exact) mass is 326 g/mol. The van der Waals surface area contributed by atoms with Crippen LogP contribution in [0.2, 0.25) is 0 Å². The minimum atomic E-state index is -4.43. The molecule has 9 heteroatoms. The maximum atomic E-state index is 12.4. The van der Waals surface area contributed by atoms with Crippen molar-refractivity contribution in [1.82, 2.24) is 10.3 Å². The van der Waals surface area contributed by atoms with E-state index in [2.05, 4.69) is 15.6 Å². The van der Waals surface area contributed by atoms with Gasteiger partial charge in [0.2, 0.25) is 0 Å². The van der Waals surface area contributed by atoms with E-state index in [4.69, 9.17) is 0 Å². The number of anilines is 1. The first-order chi connectivity index (χ1) is 10.9. The Kier molecular flexibility index (Phi) is 4.99. The van der Waals surface area contributed by atoms with Gasteiger partial charge < -0.3 is 15.8 Å². The second kappa shape index (κ2) is 6.95. The van der Waals surface area contributed by atoms with Crippen molar-refractivity contribution in [1.29, 1.82) is 0 Å². The molecule has 0 radical (unpaired) electrons. The molecule has 2 rings (SSSR count). The van der Waals surface area contributed by atoms with Crippen LogP contribution in [-0.4, -0.2) is 24.0 Å². The summed E-state index contributed by atoms with van der Waals surface area (Å²) >= 11 is 0. The lowest BCUT2D eigenvalue weighted by atomic mass is 10.3. The van der Waals surface area contributed by atoms with Crippen molar-refractivity contribution in [3.8, 4) is 0 Å². The second-order valence-electron chi connectivity index (χ2n) is 4.52. The molecule has 0 atom stereocenters. The number of hydrogen-bond acceptors (Lipinski definition) is 4. The average Bonchev–Trinajstić information content (AvgIpc) is 2.51. The van der Waals surface area contributed by atoms with Gasteiger partial charge in [-0.15, -0.1) is 0 Å². The highest BCUT2D eigenvalue weighted by molar-refractivity contribution is 5.90. The average molecular weight is 326 g/mol.